The quantitative estimate of drug-likeness (QED) is 0.289. The van der Waals surface area contributed by atoms with Gasteiger partial charge in [0.1, 0.15) is 17.1 Å². The van der Waals surface area contributed by atoms with Gasteiger partial charge in [-0.15, -0.1) is 0 Å². The van der Waals surface area contributed by atoms with E-state index in [1.807, 2.05) is 0 Å². The average Bonchev–Trinajstić information content (AvgIpc) is 3.22. The lowest BCUT2D eigenvalue weighted by Gasteiger charge is -2.46. The molecule has 0 saturated carbocycles. The van der Waals surface area contributed by atoms with Crippen LogP contribution in [0.25, 0.3) is 0 Å². The van der Waals surface area contributed by atoms with Crippen molar-refractivity contribution in [2.24, 2.45) is 11.8 Å². The van der Waals surface area contributed by atoms with Gasteiger partial charge >= 0.3 is 5.97 Å². The van der Waals surface area contributed by atoms with E-state index in [0.29, 0.717) is 12.5 Å². The van der Waals surface area contributed by atoms with E-state index in [1.165, 1.54) is 24.0 Å². The highest BCUT2D eigenvalue weighted by atomic mass is 16.5. The number of esters is 1. The molecule has 3 atom stereocenters. The molecule has 0 amide bonds. The zero-order valence-electron chi connectivity index (χ0n) is 19.1. The van der Waals surface area contributed by atoms with Crippen molar-refractivity contribution in [3.8, 4) is 11.5 Å². The van der Waals surface area contributed by atoms with Gasteiger partial charge in [-0.2, -0.15) is 0 Å². The van der Waals surface area contributed by atoms with E-state index in [9.17, 15) is 4.79 Å². The number of carbonyl (C=O) groups excluding carboxylic acids is 1. The van der Waals surface area contributed by atoms with Crippen LogP contribution in [0.3, 0.4) is 0 Å². The topological polar surface area (TPSA) is 47.6 Å². The summed E-state index contributed by atoms with van der Waals surface area (Å²) < 4.78 is 12.7. The van der Waals surface area contributed by atoms with E-state index in [2.05, 4.69) is 51.2 Å². The van der Waals surface area contributed by atoms with E-state index >= 15 is 0 Å². The van der Waals surface area contributed by atoms with Gasteiger partial charge in [-0.1, -0.05) is 31.4 Å². The largest absolute Gasteiger partial charge is 0.487 e. The fourth-order valence-corrected chi connectivity index (χ4v) is 5.42. The van der Waals surface area contributed by atoms with Gasteiger partial charge in [0.25, 0.3) is 0 Å². The van der Waals surface area contributed by atoms with E-state index in [-0.39, 0.29) is 23.4 Å². The molecule has 2 aliphatic heterocycles. The Morgan fingerprint density at radius 1 is 1.27 bits per heavy atom. The number of nitrogens with one attached hydrogen (secondary N) is 1. The minimum absolute atomic E-state index is 0.0511. The molecule has 2 heterocycles. The van der Waals surface area contributed by atoms with Crippen LogP contribution < -0.4 is 14.8 Å². The van der Waals surface area contributed by atoms with Crippen LogP contribution in [0.4, 0.5) is 0 Å². The van der Waals surface area contributed by atoms with E-state index in [0.717, 1.165) is 55.7 Å². The summed E-state index contributed by atoms with van der Waals surface area (Å²) in [6, 6.07) is 4.32. The van der Waals surface area contributed by atoms with Gasteiger partial charge in [-0.3, -0.25) is 4.79 Å². The number of benzene rings is 1. The Hall–Kier alpha value is -1.81. The average molecular weight is 412 g/mol. The van der Waals surface area contributed by atoms with Gasteiger partial charge in [0.2, 0.25) is 0 Å². The summed E-state index contributed by atoms with van der Waals surface area (Å²) in [5.41, 5.74) is 3.48. The second kappa shape index (κ2) is 8.74. The maximum atomic E-state index is 12.9. The highest BCUT2D eigenvalue weighted by Crippen LogP contribution is 2.53. The molecule has 30 heavy (non-hydrogen) atoms. The third-order valence-electron chi connectivity index (χ3n) is 7.18. The monoisotopic (exact) mass is 411 g/mol. The molecule has 0 bridgehead atoms. The Bertz CT molecular complexity index is 820. The Balaban J connectivity index is 1.74. The third kappa shape index (κ3) is 4.30. The maximum absolute atomic E-state index is 12.9. The smallest absolute Gasteiger partial charge is 0.315 e. The van der Waals surface area contributed by atoms with Crippen molar-refractivity contribution < 1.29 is 14.3 Å². The van der Waals surface area contributed by atoms with Crippen molar-refractivity contribution in [3.05, 3.63) is 34.9 Å². The van der Waals surface area contributed by atoms with E-state index in [1.54, 1.807) is 0 Å². The third-order valence-corrected chi connectivity index (χ3v) is 7.18. The first-order valence-electron chi connectivity index (χ1n) is 11.8. The van der Waals surface area contributed by atoms with Gasteiger partial charge in [0.05, 0.1) is 5.92 Å². The van der Waals surface area contributed by atoms with Crippen LogP contribution in [-0.4, -0.2) is 24.7 Å². The van der Waals surface area contributed by atoms with Crippen molar-refractivity contribution in [2.75, 3.05) is 13.1 Å². The fraction of sp³-hybridized carbons (Fsp3) is 0.654. The van der Waals surface area contributed by atoms with Crippen LogP contribution in [0.15, 0.2) is 23.8 Å². The zero-order valence-corrected chi connectivity index (χ0v) is 19.1. The number of hydrogen-bond acceptors (Lipinski definition) is 4. The SMILES string of the molecule is CCCCCc1cc(OC(=O)C2CCNC2)c2c(c1)OC(C)(C)[C@@H]1CCC(C)=CC21. The van der Waals surface area contributed by atoms with Gasteiger partial charge in [-0.25, -0.2) is 0 Å². The number of fused-ring (bicyclic) bond motifs is 3. The number of unbranched alkanes of at least 4 members (excludes halogenated alkanes) is 2. The Labute approximate surface area is 181 Å². The number of allylic oxidation sites excluding steroid dienone is 2. The normalized spacial score (nSPS) is 26.9. The molecule has 1 aromatic rings. The van der Waals surface area contributed by atoms with Crippen molar-refractivity contribution in [2.45, 2.75) is 84.2 Å². The van der Waals surface area contributed by atoms with Crippen molar-refractivity contribution in [1.29, 1.82) is 0 Å². The molecule has 1 N–H and O–H groups in total. The minimum atomic E-state index is -0.229. The molecule has 1 saturated heterocycles. The molecule has 4 rings (SSSR count). The van der Waals surface area contributed by atoms with E-state index in [4.69, 9.17) is 9.47 Å². The van der Waals surface area contributed by atoms with Crippen LogP contribution in [0, 0.1) is 11.8 Å². The highest BCUT2D eigenvalue weighted by Gasteiger charge is 2.45. The molecule has 4 nitrogen and oxygen atoms in total. The van der Waals surface area contributed by atoms with Gasteiger partial charge in [0, 0.05) is 23.9 Å². The lowest BCUT2D eigenvalue weighted by molar-refractivity contribution is -0.138. The minimum Gasteiger partial charge on any atom is -0.487 e. The van der Waals surface area contributed by atoms with Crippen LogP contribution in [0.2, 0.25) is 0 Å². The maximum Gasteiger partial charge on any atom is 0.315 e. The summed E-state index contributed by atoms with van der Waals surface area (Å²) in [6.45, 7) is 10.5. The second-order valence-electron chi connectivity index (χ2n) is 9.96. The summed E-state index contributed by atoms with van der Waals surface area (Å²) >= 11 is 0. The number of hydrogen-bond donors (Lipinski definition) is 1. The van der Waals surface area contributed by atoms with Gasteiger partial charge in [0.15, 0.2) is 0 Å². The first-order chi connectivity index (χ1) is 14.4. The Morgan fingerprint density at radius 2 is 2.10 bits per heavy atom. The summed E-state index contributed by atoms with van der Waals surface area (Å²) in [4.78, 5) is 12.9. The summed E-state index contributed by atoms with van der Waals surface area (Å²) in [5, 5.41) is 3.27. The first-order valence-corrected chi connectivity index (χ1v) is 11.8. The molecule has 1 aromatic carbocycles. The van der Waals surface area contributed by atoms with Crippen LogP contribution >= 0.6 is 0 Å². The van der Waals surface area contributed by atoms with Crippen molar-refractivity contribution in [3.63, 3.8) is 0 Å². The highest BCUT2D eigenvalue weighted by molar-refractivity contribution is 5.77. The number of ether oxygens (including phenoxy) is 2. The molecule has 1 aliphatic carbocycles. The molecular formula is C26H37NO3. The summed E-state index contributed by atoms with van der Waals surface area (Å²) in [7, 11) is 0. The zero-order chi connectivity index (χ0) is 21.3. The molecular weight excluding hydrogens is 374 g/mol. The molecule has 4 heteroatoms. The Morgan fingerprint density at radius 3 is 2.83 bits per heavy atom. The van der Waals surface area contributed by atoms with Gasteiger partial charge < -0.3 is 14.8 Å². The predicted octanol–water partition coefficient (Wildman–Crippen LogP) is 5.55. The molecule has 0 radical (unpaired) electrons. The lowest BCUT2D eigenvalue weighted by atomic mass is 9.68. The summed E-state index contributed by atoms with van der Waals surface area (Å²) in [6.07, 6.45) is 10.00. The first kappa shape index (κ1) is 21.4. The molecule has 1 fully saturated rings. The predicted molar refractivity (Wildman–Crippen MR) is 120 cm³/mol. The Kier molecular flexibility index (Phi) is 6.24. The number of rotatable bonds is 6. The second-order valence-corrected chi connectivity index (χ2v) is 9.96. The molecule has 0 spiro atoms. The van der Waals surface area contributed by atoms with Crippen LogP contribution in [-0.2, 0) is 11.2 Å². The summed E-state index contributed by atoms with van der Waals surface area (Å²) in [5.74, 6) is 2.12. The fourth-order valence-electron chi connectivity index (χ4n) is 5.42. The number of carbonyl (C=O) groups is 1. The standard InChI is InChI=1S/C26H37NO3/c1-5-6-7-8-18-14-22(29-25(28)19-11-12-27-16-19)24-20-13-17(2)9-10-21(20)26(3,4)30-23(24)15-18/h13-15,19-21,27H,5-12,16H2,1-4H3/t19?,20?,21-/m1/s1. The molecule has 2 unspecified atom stereocenters. The van der Waals surface area contributed by atoms with Crippen molar-refractivity contribution in [1.82, 2.24) is 5.32 Å². The molecule has 3 aliphatic rings. The van der Waals surface area contributed by atoms with Gasteiger partial charge in [-0.05, 0) is 77.1 Å². The molecule has 164 valence electrons. The molecule has 0 aromatic heterocycles. The lowest BCUT2D eigenvalue weighted by Crippen LogP contribution is -2.45. The van der Waals surface area contributed by atoms with Crippen molar-refractivity contribution >= 4 is 5.97 Å². The van der Waals surface area contributed by atoms with Crippen LogP contribution in [0.5, 0.6) is 11.5 Å². The van der Waals surface area contributed by atoms with E-state index < -0.39 is 0 Å². The van der Waals surface area contributed by atoms with Crippen LogP contribution in [0.1, 0.15) is 83.3 Å². The number of aryl methyl sites for hydroxylation is 1.